The van der Waals surface area contributed by atoms with Gasteiger partial charge in [-0.15, -0.1) is 0 Å². The molecule has 0 aliphatic carbocycles. The summed E-state index contributed by atoms with van der Waals surface area (Å²) in [6, 6.07) is 6.88. The number of anilines is 3. The van der Waals surface area contributed by atoms with E-state index in [0.717, 1.165) is 53.9 Å². The Morgan fingerprint density at radius 3 is 2.59 bits per heavy atom. The number of likely N-dealkylation sites (tertiary alicyclic amines) is 1. The molecule has 2 atom stereocenters. The third-order valence-electron chi connectivity index (χ3n) is 9.03. The van der Waals surface area contributed by atoms with Gasteiger partial charge in [0.2, 0.25) is 11.9 Å². The summed E-state index contributed by atoms with van der Waals surface area (Å²) < 4.78 is 0. The van der Waals surface area contributed by atoms with Gasteiger partial charge in [0.1, 0.15) is 11.3 Å². The molecule has 1 amide bonds. The Labute approximate surface area is 228 Å². The van der Waals surface area contributed by atoms with Crippen LogP contribution in [0.25, 0.3) is 10.9 Å². The third kappa shape index (κ3) is 4.49. The number of amides is 1. The maximum atomic E-state index is 13.0. The van der Waals surface area contributed by atoms with Crippen LogP contribution < -0.4 is 10.2 Å². The molecule has 3 aromatic heterocycles. The summed E-state index contributed by atoms with van der Waals surface area (Å²) in [4.78, 5) is 38.9. The van der Waals surface area contributed by atoms with Gasteiger partial charge in [0.25, 0.3) is 0 Å². The van der Waals surface area contributed by atoms with Crippen LogP contribution in [-0.4, -0.2) is 79.5 Å². The summed E-state index contributed by atoms with van der Waals surface area (Å²) in [5.74, 6) is 2.41. The molecular weight excluding hydrogens is 492 g/mol. The van der Waals surface area contributed by atoms with Crippen molar-refractivity contribution in [1.29, 1.82) is 0 Å². The summed E-state index contributed by atoms with van der Waals surface area (Å²) in [7, 11) is 2.08. The summed E-state index contributed by atoms with van der Waals surface area (Å²) >= 11 is 0. The Morgan fingerprint density at radius 2 is 1.87 bits per heavy atom. The fourth-order valence-corrected chi connectivity index (χ4v) is 6.94. The maximum absolute atomic E-state index is 13.0. The molecule has 7 heterocycles. The molecular formula is C29H36N8O2. The molecule has 0 spiro atoms. The van der Waals surface area contributed by atoms with Crippen molar-refractivity contribution in [3.63, 3.8) is 0 Å². The molecule has 3 aromatic rings. The highest BCUT2D eigenvalue weighted by atomic mass is 16.3. The minimum Gasteiger partial charge on any atom is -0.387 e. The molecule has 2 bridgehead atoms. The van der Waals surface area contributed by atoms with Crippen molar-refractivity contribution in [2.45, 2.75) is 70.2 Å². The number of aliphatic hydroxyl groups excluding tert-OH is 1. The van der Waals surface area contributed by atoms with Gasteiger partial charge in [-0.3, -0.25) is 4.79 Å². The molecule has 10 heteroatoms. The molecule has 39 heavy (non-hydrogen) atoms. The van der Waals surface area contributed by atoms with E-state index < -0.39 is 6.10 Å². The number of fused-ring (bicyclic) bond motifs is 4. The van der Waals surface area contributed by atoms with E-state index in [1.165, 1.54) is 25.7 Å². The van der Waals surface area contributed by atoms with Crippen LogP contribution in [-0.2, 0) is 17.8 Å². The Morgan fingerprint density at radius 1 is 1.08 bits per heavy atom. The minimum absolute atomic E-state index is 0.113. The maximum Gasteiger partial charge on any atom is 0.229 e. The molecule has 204 valence electrons. The van der Waals surface area contributed by atoms with Gasteiger partial charge >= 0.3 is 0 Å². The molecule has 7 rings (SSSR count). The van der Waals surface area contributed by atoms with Crippen LogP contribution >= 0.6 is 0 Å². The summed E-state index contributed by atoms with van der Waals surface area (Å²) in [6.45, 7) is 4.91. The highest BCUT2D eigenvalue weighted by Gasteiger charge is 2.41. The van der Waals surface area contributed by atoms with Crippen LogP contribution in [0.3, 0.4) is 0 Å². The van der Waals surface area contributed by atoms with Crippen molar-refractivity contribution in [3.8, 4) is 0 Å². The lowest BCUT2D eigenvalue weighted by Gasteiger charge is -2.30. The van der Waals surface area contributed by atoms with Crippen LogP contribution in [0.15, 0.2) is 24.4 Å². The predicted octanol–water partition coefficient (Wildman–Crippen LogP) is 3.18. The average Bonchev–Trinajstić information content (AvgIpc) is 3.68. The summed E-state index contributed by atoms with van der Waals surface area (Å²) in [6.07, 6.45) is 7.57. The fourth-order valence-electron chi connectivity index (χ4n) is 6.94. The standard InChI is InChI=1S/C29H36N8O2/c1-17(38)24-13-20-14-30-29(34-26(20)27(32-24)37-21-4-5-22(37)7-6-21)33-25-8-3-18-16-36(12-10-23(18)31-25)28(39)19-9-11-35(2)15-19/h3,8,13-14,17,19,21-22,38H,4-7,9-12,15-16H2,1-2H3,(H,30,31,33,34)/t17-,19+,21?,22?/m1/s1. The number of hydrogen-bond donors (Lipinski definition) is 2. The van der Waals surface area contributed by atoms with Gasteiger partial charge in [0.15, 0.2) is 5.82 Å². The van der Waals surface area contributed by atoms with Crippen LogP contribution in [0.2, 0.25) is 0 Å². The Kier molecular flexibility index (Phi) is 6.12. The van der Waals surface area contributed by atoms with Crippen molar-refractivity contribution in [3.05, 3.63) is 41.3 Å². The van der Waals surface area contributed by atoms with Gasteiger partial charge in [-0.25, -0.2) is 19.9 Å². The highest BCUT2D eigenvalue weighted by molar-refractivity contribution is 5.90. The SMILES string of the molecule is C[C@@H](O)c1cc2cnc(Nc3ccc4c(n3)CCN(C(=O)[C@H]3CCN(C)C3)C4)nc2c(N2C3CCC2CC3)n1. The number of nitrogens with one attached hydrogen (secondary N) is 1. The van der Waals surface area contributed by atoms with E-state index >= 15 is 0 Å². The zero-order valence-electron chi connectivity index (χ0n) is 22.7. The summed E-state index contributed by atoms with van der Waals surface area (Å²) in [5.41, 5.74) is 3.58. The first-order chi connectivity index (χ1) is 18.9. The van der Waals surface area contributed by atoms with Gasteiger partial charge in [-0.1, -0.05) is 6.07 Å². The van der Waals surface area contributed by atoms with Crippen molar-refractivity contribution in [2.24, 2.45) is 5.92 Å². The molecule has 10 nitrogen and oxygen atoms in total. The van der Waals surface area contributed by atoms with Gasteiger partial charge in [-0.2, -0.15) is 0 Å². The lowest BCUT2D eigenvalue weighted by atomic mass is 10.0. The van der Waals surface area contributed by atoms with E-state index in [0.29, 0.717) is 42.6 Å². The van der Waals surface area contributed by atoms with E-state index in [4.69, 9.17) is 15.0 Å². The molecule has 3 saturated heterocycles. The molecule has 0 radical (unpaired) electrons. The largest absolute Gasteiger partial charge is 0.387 e. The number of pyridine rings is 2. The number of aromatic nitrogens is 4. The van der Waals surface area contributed by atoms with E-state index in [1.807, 2.05) is 23.2 Å². The van der Waals surface area contributed by atoms with Gasteiger partial charge in [0, 0.05) is 55.4 Å². The van der Waals surface area contributed by atoms with E-state index in [9.17, 15) is 9.90 Å². The Hall–Kier alpha value is -3.37. The zero-order chi connectivity index (χ0) is 26.7. The predicted molar refractivity (Wildman–Crippen MR) is 149 cm³/mol. The topological polar surface area (TPSA) is 111 Å². The average molecular weight is 529 g/mol. The molecule has 4 aliphatic rings. The van der Waals surface area contributed by atoms with Crippen molar-refractivity contribution >= 4 is 34.4 Å². The lowest BCUT2D eigenvalue weighted by molar-refractivity contribution is -0.136. The van der Waals surface area contributed by atoms with Crippen LogP contribution in [0.5, 0.6) is 0 Å². The number of rotatable bonds is 5. The highest BCUT2D eigenvalue weighted by Crippen LogP contribution is 2.42. The fraction of sp³-hybridized carbons (Fsp3) is 0.552. The molecule has 3 fully saturated rings. The zero-order valence-corrected chi connectivity index (χ0v) is 22.7. The number of nitrogens with zero attached hydrogens (tertiary/aromatic N) is 7. The Balaban J connectivity index is 1.13. The first-order valence-corrected chi connectivity index (χ1v) is 14.3. The molecule has 4 aliphatic heterocycles. The Bertz CT molecular complexity index is 1410. The number of carbonyl (C=O) groups excluding carboxylic acids is 1. The van der Waals surface area contributed by atoms with Gasteiger partial charge < -0.3 is 25.1 Å². The first-order valence-electron chi connectivity index (χ1n) is 14.3. The van der Waals surface area contributed by atoms with E-state index in [-0.39, 0.29) is 11.8 Å². The van der Waals surface area contributed by atoms with Gasteiger partial charge in [0.05, 0.1) is 17.7 Å². The number of carbonyl (C=O) groups is 1. The number of aliphatic hydroxyl groups is 1. The monoisotopic (exact) mass is 528 g/mol. The lowest BCUT2D eigenvalue weighted by Crippen LogP contribution is -2.40. The van der Waals surface area contributed by atoms with Crippen LogP contribution in [0, 0.1) is 5.92 Å². The van der Waals surface area contributed by atoms with Crippen molar-refractivity contribution in [1.82, 2.24) is 29.7 Å². The van der Waals surface area contributed by atoms with E-state index in [1.54, 1.807) is 6.92 Å². The third-order valence-corrected chi connectivity index (χ3v) is 9.03. The summed E-state index contributed by atoms with van der Waals surface area (Å²) in [5, 5.41) is 14.5. The minimum atomic E-state index is -0.656. The van der Waals surface area contributed by atoms with Gasteiger partial charge in [-0.05, 0) is 70.3 Å². The molecule has 0 aromatic carbocycles. The smallest absolute Gasteiger partial charge is 0.229 e. The van der Waals surface area contributed by atoms with Crippen LogP contribution in [0.1, 0.15) is 62.1 Å². The quantitative estimate of drug-likeness (QED) is 0.516. The number of hydrogen-bond acceptors (Lipinski definition) is 9. The van der Waals surface area contributed by atoms with Crippen molar-refractivity contribution in [2.75, 3.05) is 36.9 Å². The second kappa shape index (κ2) is 9.67. The normalized spacial score (nSPS) is 25.4. The molecule has 0 unspecified atom stereocenters. The van der Waals surface area contributed by atoms with Crippen molar-refractivity contribution < 1.29 is 9.90 Å². The second-order valence-electron chi connectivity index (χ2n) is 11.7. The van der Waals surface area contributed by atoms with Crippen LogP contribution in [0.4, 0.5) is 17.6 Å². The second-order valence-corrected chi connectivity index (χ2v) is 11.7. The first kappa shape index (κ1) is 24.7. The molecule has 2 N–H and O–H groups in total. The molecule has 0 saturated carbocycles. The van der Waals surface area contributed by atoms with E-state index in [2.05, 4.69) is 33.2 Å².